The van der Waals surface area contributed by atoms with Gasteiger partial charge < -0.3 is 9.30 Å². The third-order valence-corrected chi connectivity index (χ3v) is 8.30. The van der Waals surface area contributed by atoms with E-state index in [-0.39, 0.29) is 47.8 Å². The van der Waals surface area contributed by atoms with E-state index < -0.39 is 22.4 Å². The zero-order chi connectivity index (χ0) is 25.5. The van der Waals surface area contributed by atoms with Gasteiger partial charge in [-0.15, -0.1) is 0 Å². The van der Waals surface area contributed by atoms with E-state index in [9.17, 15) is 22.8 Å². The molecule has 9 nitrogen and oxygen atoms in total. The Morgan fingerprint density at radius 1 is 1.11 bits per heavy atom. The van der Waals surface area contributed by atoms with Crippen molar-refractivity contribution in [3.8, 4) is 0 Å². The van der Waals surface area contributed by atoms with Crippen molar-refractivity contribution >= 4 is 38.9 Å². The molecular weight excluding hydrogens is 470 g/mol. The van der Waals surface area contributed by atoms with Crippen LogP contribution >= 0.6 is 0 Å². The first-order valence-corrected chi connectivity index (χ1v) is 13.4. The summed E-state index contributed by atoms with van der Waals surface area (Å²) < 4.78 is 31.0. The number of carbonyl (C=O) groups is 3. The highest BCUT2D eigenvalue weighted by Crippen LogP contribution is 2.29. The molecule has 1 amide bonds. The van der Waals surface area contributed by atoms with Crippen LogP contribution in [0.3, 0.4) is 0 Å². The van der Waals surface area contributed by atoms with Crippen LogP contribution in [0, 0.1) is 27.7 Å². The van der Waals surface area contributed by atoms with E-state index >= 15 is 0 Å². The number of Topliss-reactive ketones (excluding diaryl/α,β-unsaturated/α-hetero) is 1. The number of esters is 1. The topological polar surface area (TPSA) is 115 Å². The summed E-state index contributed by atoms with van der Waals surface area (Å²) >= 11 is 0. The van der Waals surface area contributed by atoms with Crippen LogP contribution in [0.25, 0.3) is 0 Å². The Morgan fingerprint density at radius 2 is 1.86 bits per heavy atom. The number of sulfone groups is 1. The van der Waals surface area contributed by atoms with Gasteiger partial charge in [0.1, 0.15) is 5.71 Å². The van der Waals surface area contributed by atoms with Gasteiger partial charge in [-0.2, -0.15) is 10.1 Å². The van der Waals surface area contributed by atoms with Crippen LogP contribution in [0.1, 0.15) is 58.2 Å². The smallest absolute Gasteiger partial charge is 0.354 e. The lowest BCUT2D eigenvalue weighted by atomic mass is 10.1. The Bertz CT molecular complexity index is 1360. The predicted octanol–water partition coefficient (Wildman–Crippen LogP) is 2.99. The van der Waals surface area contributed by atoms with Crippen molar-refractivity contribution < 1.29 is 27.5 Å². The molecule has 1 saturated heterocycles. The molecule has 0 bridgehead atoms. The van der Waals surface area contributed by atoms with Crippen LogP contribution in [0.4, 0.5) is 5.69 Å². The van der Waals surface area contributed by atoms with E-state index in [2.05, 4.69) is 5.10 Å². The first kappa shape index (κ1) is 24.8. The minimum atomic E-state index is -3.07. The van der Waals surface area contributed by atoms with Crippen LogP contribution in [0.15, 0.2) is 29.4 Å². The van der Waals surface area contributed by atoms with Crippen molar-refractivity contribution in [2.45, 2.75) is 53.0 Å². The number of ketones is 1. The van der Waals surface area contributed by atoms with E-state index in [4.69, 9.17) is 4.74 Å². The highest BCUT2D eigenvalue weighted by molar-refractivity contribution is 7.91. The number of nitrogens with zero attached hydrogens (tertiary/aromatic N) is 3. The van der Waals surface area contributed by atoms with Gasteiger partial charge in [0.05, 0.1) is 17.2 Å². The number of ether oxygens (including phenoxy) is 1. The summed E-state index contributed by atoms with van der Waals surface area (Å²) in [6.45, 7) is 6.90. The fourth-order valence-corrected chi connectivity index (χ4v) is 6.43. The van der Waals surface area contributed by atoms with Crippen molar-refractivity contribution in [1.82, 2.24) is 4.57 Å². The van der Waals surface area contributed by atoms with Gasteiger partial charge in [-0.3, -0.25) is 9.59 Å². The third-order valence-electron chi connectivity index (χ3n) is 6.55. The predicted molar refractivity (Wildman–Crippen MR) is 132 cm³/mol. The van der Waals surface area contributed by atoms with Crippen molar-refractivity contribution in [3.05, 3.63) is 52.3 Å². The molecule has 2 aromatic rings. The SMILES string of the molecule is Cc1ccc(C)c(N2N=C(C(=O)OCC(=O)c3cc(C)n([C@@H]4CCS(=O)(=O)C4)c3C)CCC2=O)c1. The van der Waals surface area contributed by atoms with Crippen molar-refractivity contribution in [2.75, 3.05) is 23.1 Å². The van der Waals surface area contributed by atoms with Crippen LogP contribution in [0.5, 0.6) is 0 Å². The molecule has 1 aromatic heterocycles. The Labute approximate surface area is 204 Å². The molecule has 0 unspecified atom stereocenters. The van der Waals surface area contributed by atoms with Crippen LogP contribution in [-0.4, -0.2) is 54.5 Å². The Morgan fingerprint density at radius 3 is 2.54 bits per heavy atom. The van der Waals surface area contributed by atoms with Gasteiger partial charge in [-0.1, -0.05) is 12.1 Å². The molecule has 0 aliphatic carbocycles. The van der Waals surface area contributed by atoms with Crippen molar-refractivity contribution in [2.24, 2.45) is 5.10 Å². The maximum atomic E-state index is 12.9. The number of hydrogen-bond acceptors (Lipinski definition) is 7. The van der Waals surface area contributed by atoms with Gasteiger partial charge in [-0.05, 0) is 57.4 Å². The largest absolute Gasteiger partial charge is 0.453 e. The quantitative estimate of drug-likeness (QED) is 0.446. The lowest BCUT2D eigenvalue weighted by molar-refractivity contribution is -0.134. The van der Waals surface area contributed by atoms with Crippen LogP contribution in [-0.2, 0) is 24.2 Å². The minimum absolute atomic E-state index is 0.0570. The van der Waals surface area contributed by atoms with E-state index in [0.717, 1.165) is 16.8 Å². The second kappa shape index (κ2) is 9.41. The zero-order valence-corrected chi connectivity index (χ0v) is 21.1. The summed E-state index contributed by atoms with van der Waals surface area (Å²) in [6, 6.07) is 7.15. The molecule has 186 valence electrons. The van der Waals surface area contributed by atoms with Gasteiger partial charge >= 0.3 is 5.97 Å². The van der Waals surface area contributed by atoms with Crippen molar-refractivity contribution in [1.29, 1.82) is 0 Å². The highest BCUT2D eigenvalue weighted by atomic mass is 32.2. The normalized spacial score (nSPS) is 19.5. The molecular formula is C25H29N3O6S. The molecule has 1 aromatic carbocycles. The lowest BCUT2D eigenvalue weighted by Crippen LogP contribution is -2.35. The average Bonchev–Trinajstić information content (AvgIpc) is 3.31. The summed E-state index contributed by atoms with van der Waals surface area (Å²) in [4.78, 5) is 38.0. The minimum Gasteiger partial charge on any atom is -0.453 e. The number of hydrazone groups is 1. The fraction of sp³-hybridized carbons (Fsp3) is 0.440. The van der Waals surface area contributed by atoms with E-state index in [1.165, 1.54) is 5.01 Å². The number of aryl methyl sites for hydroxylation is 3. The monoisotopic (exact) mass is 499 g/mol. The van der Waals surface area contributed by atoms with Crippen LogP contribution < -0.4 is 5.01 Å². The number of carbonyl (C=O) groups excluding carboxylic acids is 3. The summed E-state index contributed by atoms with van der Waals surface area (Å²) in [5.41, 5.74) is 4.35. The van der Waals surface area contributed by atoms with Gasteiger partial charge in [-0.25, -0.2) is 13.2 Å². The number of aromatic nitrogens is 1. The molecule has 1 fully saturated rings. The summed E-state index contributed by atoms with van der Waals surface area (Å²) in [5, 5.41) is 5.47. The maximum Gasteiger partial charge on any atom is 0.354 e. The molecule has 4 rings (SSSR count). The first-order chi connectivity index (χ1) is 16.5. The highest BCUT2D eigenvalue weighted by Gasteiger charge is 2.32. The second-order valence-corrected chi connectivity index (χ2v) is 11.5. The Balaban J connectivity index is 1.47. The maximum absolute atomic E-state index is 12.9. The summed E-state index contributed by atoms with van der Waals surface area (Å²) in [5.74, 6) is -1.14. The zero-order valence-electron chi connectivity index (χ0n) is 20.3. The van der Waals surface area contributed by atoms with E-state index in [1.807, 2.05) is 43.5 Å². The molecule has 0 saturated carbocycles. The Kier molecular flexibility index (Phi) is 6.68. The summed E-state index contributed by atoms with van der Waals surface area (Å²) in [7, 11) is -3.07. The number of anilines is 1. The Hall–Kier alpha value is -3.27. The van der Waals surface area contributed by atoms with Crippen molar-refractivity contribution in [3.63, 3.8) is 0 Å². The molecule has 2 aliphatic heterocycles. The van der Waals surface area contributed by atoms with Gasteiger partial charge in [0.2, 0.25) is 11.7 Å². The number of benzene rings is 1. The number of amides is 1. The standard InChI is InChI=1S/C25H29N3O6S/c1-15-5-6-16(2)22(11-15)28-24(30)8-7-21(26-28)25(31)34-13-23(29)20-12-17(3)27(18(20)4)19-9-10-35(32,33)14-19/h5-6,11-12,19H,7-10,13-14H2,1-4H3/t19-/m1/s1. The lowest BCUT2D eigenvalue weighted by Gasteiger charge is -2.24. The molecule has 0 spiro atoms. The molecule has 35 heavy (non-hydrogen) atoms. The fourth-order valence-electron chi connectivity index (χ4n) is 4.73. The molecule has 1 atom stereocenters. The first-order valence-electron chi connectivity index (χ1n) is 11.5. The number of rotatable bonds is 6. The van der Waals surface area contributed by atoms with Gasteiger partial charge in [0.25, 0.3) is 0 Å². The second-order valence-electron chi connectivity index (χ2n) is 9.25. The third kappa shape index (κ3) is 5.07. The van der Waals surface area contributed by atoms with E-state index in [1.54, 1.807) is 13.0 Å². The van der Waals surface area contributed by atoms with Gasteiger partial charge in [0, 0.05) is 35.8 Å². The van der Waals surface area contributed by atoms with E-state index in [0.29, 0.717) is 23.4 Å². The molecule has 0 N–H and O–H groups in total. The molecule has 10 heteroatoms. The molecule has 3 heterocycles. The average molecular weight is 500 g/mol. The molecule has 0 radical (unpaired) electrons. The van der Waals surface area contributed by atoms with Gasteiger partial charge in [0.15, 0.2) is 16.4 Å². The number of hydrogen-bond donors (Lipinski definition) is 0. The van der Waals surface area contributed by atoms with Crippen LogP contribution in [0.2, 0.25) is 0 Å². The molecule has 2 aliphatic rings. The summed E-state index contributed by atoms with van der Waals surface area (Å²) in [6.07, 6.45) is 0.759.